The predicted molar refractivity (Wildman–Crippen MR) is 61.7 cm³/mol. The fourth-order valence-electron chi connectivity index (χ4n) is 1.52. The normalized spacial score (nSPS) is 10.3. The smallest absolute Gasteiger partial charge is 0.148 e. The SMILES string of the molecule is Cc1cccc(CNc2ccn(C)n2)c1. The summed E-state index contributed by atoms with van der Waals surface area (Å²) < 4.78 is 1.79. The molecule has 1 aromatic heterocycles. The van der Waals surface area contributed by atoms with Crippen LogP contribution in [0.15, 0.2) is 36.5 Å². The van der Waals surface area contributed by atoms with Crippen LogP contribution in [0, 0.1) is 6.92 Å². The second-order valence-electron chi connectivity index (χ2n) is 3.72. The molecule has 0 aliphatic heterocycles. The molecule has 0 bridgehead atoms. The number of rotatable bonds is 3. The molecule has 0 spiro atoms. The second kappa shape index (κ2) is 4.17. The summed E-state index contributed by atoms with van der Waals surface area (Å²) in [4.78, 5) is 0. The van der Waals surface area contributed by atoms with E-state index in [4.69, 9.17) is 0 Å². The molecule has 0 amide bonds. The Morgan fingerprint density at radius 2 is 2.20 bits per heavy atom. The Kier molecular flexibility index (Phi) is 2.72. The lowest BCUT2D eigenvalue weighted by Gasteiger charge is -2.03. The number of anilines is 1. The van der Waals surface area contributed by atoms with Crippen molar-refractivity contribution in [1.82, 2.24) is 9.78 Å². The summed E-state index contributed by atoms with van der Waals surface area (Å²) in [6, 6.07) is 10.4. The Morgan fingerprint density at radius 1 is 1.33 bits per heavy atom. The van der Waals surface area contributed by atoms with Crippen LogP contribution in [0.4, 0.5) is 5.82 Å². The first-order valence-electron chi connectivity index (χ1n) is 5.03. The molecular weight excluding hydrogens is 186 g/mol. The van der Waals surface area contributed by atoms with Crippen molar-refractivity contribution in [2.75, 3.05) is 5.32 Å². The Bertz CT molecular complexity index is 446. The van der Waals surface area contributed by atoms with E-state index in [1.165, 1.54) is 11.1 Å². The first kappa shape index (κ1) is 9.77. The number of hydrogen-bond donors (Lipinski definition) is 1. The molecule has 78 valence electrons. The first-order valence-corrected chi connectivity index (χ1v) is 5.03. The van der Waals surface area contributed by atoms with Gasteiger partial charge < -0.3 is 5.32 Å². The first-order chi connectivity index (χ1) is 7.24. The average Bonchev–Trinajstić information content (AvgIpc) is 2.62. The molecule has 2 rings (SSSR count). The lowest BCUT2D eigenvalue weighted by molar-refractivity contribution is 0.768. The maximum absolute atomic E-state index is 4.25. The molecule has 0 saturated heterocycles. The number of aryl methyl sites for hydroxylation is 2. The fourth-order valence-corrected chi connectivity index (χ4v) is 1.52. The average molecular weight is 201 g/mol. The van der Waals surface area contributed by atoms with Gasteiger partial charge in [0.25, 0.3) is 0 Å². The van der Waals surface area contributed by atoms with Crippen molar-refractivity contribution in [1.29, 1.82) is 0 Å². The second-order valence-corrected chi connectivity index (χ2v) is 3.72. The van der Waals surface area contributed by atoms with Gasteiger partial charge in [-0.15, -0.1) is 0 Å². The van der Waals surface area contributed by atoms with Crippen molar-refractivity contribution in [3.63, 3.8) is 0 Å². The van der Waals surface area contributed by atoms with Crippen LogP contribution < -0.4 is 5.32 Å². The molecule has 1 N–H and O–H groups in total. The number of nitrogens with one attached hydrogen (secondary N) is 1. The molecule has 0 aliphatic carbocycles. The quantitative estimate of drug-likeness (QED) is 0.826. The van der Waals surface area contributed by atoms with Crippen LogP contribution in [0.5, 0.6) is 0 Å². The Balaban J connectivity index is 1.99. The van der Waals surface area contributed by atoms with Crippen molar-refractivity contribution < 1.29 is 0 Å². The predicted octanol–water partition coefficient (Wildman–Crippen LogP) is 2.34. The van der Waals surface area contributed by atoms with E-state index in [1.54, 1.807) is 4.68 Å². The summed E-state index contributed by atoms with van der Waals surface area (Å²) >= 11 is 0. The molecular formula is C12H15N3. The van der Waals surface area contributed by atoms with Gasteiger partial charge in [-0.3, -0.25) is 4.68 Å². The lowest BCUT2D eigenvalue weighted by atomic mass is 10.1. The largest absolute Gasteiger partial charge is 0.365 e. The van der Waals surface area contributed by atoms with E-state index in [1.807, 2.05) is 19.3 Å². The molecule has 0 atom stereocenters. The third-order valence-corrected chi connectivity index (χ3v) is 2.27. The van der Waals surface area contributed by atoms with Crippen LogP contribution in [-0.2, 0) is 13.6 Å². The molecule has 2 aromatic rings. The maximum Gasteiger partial charge on any atom is 0.148 e. The summed E-state index contributed by atoms with van der Waals surface area (Å²) in [7, 11) is 1.91. The fraction of sp³-hybridized carbons (Fsp3) is 0.250. The highest BCUT2D eigenvalue weighted by molar-refractivity contribution is 5.34. The summed E-state index contributed by atoms with van der Waals surface area (Å²) in [5, 5.41) is 7.53. The van der Waals surface area contributed by atoms with E-state index in [0.717, 1.165) is 12.4 Å². The molecule has 15 heavy (non-hydrogen) atoms. The third-order valence-electron chi connectivity index (χ3n) is 2.27. The van der Waals surface area contributed by atoms with E-state index < -0.39 is 0 Å². The summed E-state index contributed by atoms with van der Waals surface area (Å²) in [5.41, 5.74) is 2.57. The van der Waals surface area contributed by atoms with Gasteiger partial charge in [-0.05, 0) is 12.5 Å². The van der Waals surface area contributed by atoms with Gasteiger partial charge in [-0.2, -0.15) is 5.10 Å². The van der Waals surface area contributed by atoms with Crippen molar-refractivity contribution in [3.05, 3.63) is 47.7 Å². The van der Waals surface area contributed by atoms with Crippen LogP contribution in [0.1, 0.15) is 11.1 Å². The van der Waals surface area contributed by atoms with E-state index in [2.05, 4.69) is 41.6 Å². The minimum absolute atomic E-state index is 0.818. The van der Waals surface area contributed by atoms with Crippen molar-refractivity contribution in [3.8, 4) is 0 Å². The van der Waals surface area contributed by atoms with Gasteiger partial charge in [-0.25, -0.2) is 0 Å². The van der Waals surface area contributed by atoms with Gasteiger partial charge >= 0.3 is 0 Å². The number of hydrogen-bond acceptors (Lipinski definition) is 2. The topological polar surface area (TPSA) is 29.9 Å². The van der Waals surface area contributed by atoms with Crippen LogP contribution in [0.3, 0.4) is 0 Å². The zero-order valence-corrected chi connectivity index (χ0v) is 9.07. The van der Waals surface area contributed by atoms with Crippen molar-refractivity contribution >= 4 is 5.82 Å². The zero-order valence-electron chi connectivity index (χ0n) is 9.07. The number of benzene rings is 1. The zero-order chi connectivity index (χ0) is 10.7. The van der Waals surface area contributed by atoms with Crippen LogP contribution in [0.25, 0.3) is 0 Å². The standard InChI is InChI=1S/C12H15N3/c1-10-4-3-5-11(8-10)9-13-12-6-7-15(2)14-12/h3-8H,9H2,1-2H3,(H,13,14). The molecule has 3 nitrogen and oxygen atoms in total. The minimum Gasteiger partial charge on any atom is -0.365 e. The number of aromatic nitrogens is 2. The molecule has 0 radical (unpaired) electrons. The van der Waals surface area contributed by atoms with Gasteiger partial charge in [-0.1, -0.05) is 29.8 Å². The summed E-state index contributed by atoms with van der Waals surface area (Å²) in [6.07, 6.45) is 1.93. The third kappa shape index (κ3) is 2.59. The van der Waals surface area contributed by atoms with E-state index in [0.29, 0.717) is 0 Å². The lowest BCUT2D eigenvalue weighted by Crippen LogP contribution is -2.00. The highest BCUT2D eigenvalue weighted by Crippen LogP contribution is 2.07. The Morgan fingerprint density at radius 3 is 2.87 bits per heavy atom. The molecule has 0 fully saturated rings. The van der Waals surface area contributed by atoms with Gasteiger partial charge in [0.05, 0.1) is 0 Å². The van der Waals surface area contributed by atoms with Crippen molar-refractivity contribution in [2.24, 2.45) is 7.05 Å². The highest BCUT2D eigenvalue weighted by Gasteiger charge is 1.96. The molecule has 0 unspecified atom stereocenters. The van der Waals surface area contributed by atoms with Crippen LogP contribution in [0.2, 0.25) is 0 Å². The monoisotopic (exact) mass is 201 g/mol. The van der Waals surface area contributed by atoms with Crippen LogP contribution in [-0.4, -0.2) is 9.78 Å². The van der Waals surface area contributed by atoms with Crippen LogP contribution >= 0.6 is 0 Å². The molecule has 1 aromatic carbocycles. The summed E-state index contributed by atoms with van der Waals surface area (Å²) in [5.74, 6) is 0.916. The molecule has 0 saturated carbocycles. The maximum atomic E-state index is 4.25. The Labute approximate surface area is 89.7 Å². The minimum atomic E-state index is 0.818. The van der Waals surface area contributed by atoms with Gasteiger partial charge in [0, 0.05) is 25.9 Å². The van der Waals surface area contributed by atoms with Gasteiger partial charge in [0.1, 0.15) is 5.82 Å². The van der Waals surface area contributed by atoms with Crippen molar-refractivity contribution in [2.45, 2.75) is 13.5 Å². The Hall–Kier alpha value is -1.77. The molecule has 3 heteroatoms. The number of nitrogens with zero attached hydrogens (tertiary/aromatic N) is 2. The highest BCUT2D eigenvalue weighted by atomic mass is 15.3. The van der Waals surface area contributed by atoms with Gasteiger partial charge in [0.2, 0.25) is 0 Å². The summed E-state index contributed by atoms with van der Waals surface area (Å²) in [6.45, 7) is 2.92. The van der Waals surface area contributed by atoms with E-state index >= 15 is 0 Å². The molecule has 1 heterocycles. The molecule has 0 aliphatic rings. The van der Waals surface area contributed by atoms with E-state index in [-0.39, 0.29) is 0 Å². The van der Waals surface area contributed by atoms with Gasteiger partial charge in [0.15, 0.2) is 0 Å². The van der Waals surface area contributed by atoms with E-state index in [9.17, 15) is 0 Å².